The van der Waals surface area contributed by atoms with Crippen molar-refractivity contribution in [2.24, 2.45) is 4.99 Å². The molecule has 0 saturated heterocycles. The largest absolute Gasteiger partial charge is 0.372 e. The van der Waals surface area contributed by atoms with Gasteiger partial charge in [0.05, 0.1) is 13.0 Å². The van der Waals surface area contributed by atoms with E-state index in [2.05, 4.69) is 26.2 Å². The van der Waals surface area contributed by atoms with Crippen LogP contribution in [0.15, 0.2) is 33.7 Å². The third kappa shape index (κ3) is 2.45. The smallest absolute Gasteiger partial charge is 0.171 e. The van der Waals surface area contributed by atoms with Gasteiger partial charge in [0.25, 0.3) is 0 Å². The Morgan fingerprint density at radius 1 is 1.47 bits per heavy atom. The Morgan fingerprint density at radius 3 is 2.93 bits per heavy atom. The highest BCUT2D eigenvalue weighted by atomic mass is 79.9. The highest BCUT2D eigenvalue weighted by Gasteiger charge is 2.14. The molecule has 1 aromatic carbocycles. The summed E-state index contributed by atoms with van der Waals surface area (Å²) in [6.07, 6.45) is 0.364. The molecule has 0 bridgehead atoms. The van der Waals surface area contributed by atoms with Crippen LogP contribution >= 0.6 is 15.9 Å². The van der Waals surface area contributed by atoms with E-state index in [-0.39, 0.29) is 5.78 Å². The molecule has 78 valence electrons. The van der Waals surface area contributed by atoms with Crippen LogP contribution in [0.4, 0.5) is 0 Å². The van der Waals surface area contributed by atoms with Crippen LogP contribution in [-0.4, -0.2) is 24.7 Å². The van der Waals surface area contributed by atoms with E-state index in [1.54, 1.807) is 0 Å². The number of benzene rings is 1. The Labute approximate surface area is 96.7 Å². The summed E-state index contributed by atoms with van der Waals surface area (Å²) in [7, 11) is 0. The van der Waals surface area contributed by atoms with Crippen LogP contribution in [0, 0.1) is 0 Å². The van der Waals surface area contributed by atoms with Gasteiger partial charge in [-0.25, -0.2) is 0 Å². The summed E-state index contributed by atoms with van der Waals surface area (Å²) in [6, 6.07) is 7.45. The van der Waals surface area contributed by atoms with Gasteiger partial charge in [0.2, 0.25) is 0 Å². The normalized spacial score (nSPS) is 14.6. The van der Waals surface area contributed by atoms with Crippen LogP contribution < -0.4 is 5.32 Å². The number of halogens is 1. The number of hydrogen-bond donors (Lipinski definition) is 1. The van der Waals surface area contributed by atoms with Gasteiger partial charge in [-0.15, -0.1) is 0 Å². The molecule has 0 aliphatic carbocycles. The molecule has 1 heterocycles. The zero-order valence-electron chi connectivity index (χ0n) is 8.16. The van der Waals surface area contributed by atoms with E-state index in [1.165, 1.54) is 0 Å². The van der Waals surface area contributed by atoms with Gasteiger partial charge in [0.15, 0.2) is 5.78 Å². The molecule has 0 spiro atoms. The fourth-order valence-corrected chi connectivity index (χ4v) is 2.01. The Bertz CT molecular complexity index is 415. The molecule has 0 unspecified atom stereocenters. The second kappa shape index (κ2) is 4.57. The van der Waals surface area contributed by atoms with E-state index in [0.29, 0.717) is 12.0 Å². The van der Waals surface area contributed by atoms with Gasteiger partial charge in [-0.3, -0.25) is 9.79 Å². The Balaban J connectivity index is 2.11. The summed E-state index contributed by atoms with van der Waals surface area (Å²) in [5.74, 6) is 0.895. The topological polar surface area (TPSA) is 41.5 Å². The monoisotopic (exact) mass is 266 g/mol. The highest BCUT2D eigenvalue weighted by molar-refractivity contribution is 9.10. The molecule has 0 amide bonds. The van der Waals surface area contributed by atoms with Crippen molar-refractivity contribution in [1.29, 1.82) is 0 Å². The van der Waals surface area contributed by atoms with E-state index in [0.717, 1.165) is 23.4 Å². The van der Waals surface area contributed by atoms with Crippen LogP contribution in [0.25, 0.3) is 0 Å². The SMILES string of the molecule is O=C(CC1=NCCN1)c1ccccc1Br. The zero-order chi connectivity index (χ0) is 10.7. The Kier molecular flexibility index (Phi) is 3.16. The van der Waals surface area contributed by atoms with Gasteiger partial charge >= 0.3 is 0 Å². The molecule has 0 radical (unpaired) electrons. The first-order valence-electron chi connectivity index (χ1n) is 4.82. The van der Waals surface area contributed by atoms with Crippen molar-refractivity contribution in [2.45, 2.75) is 6.42 Å². The zero-order valence-corrected chi connectivity index (χ0v) is 9.75. The molecule has 1 aliphatic heterocycles. The minimum Gasteiger partial charge on any atom is -0.372 e. The second-order valence-electron chi connectivity index (χ2n) is 3.33. The lowest BCUT2D eigenvalue weighted by atomic mass is 10.1. The molecule has 0 fully saturated rings. The first kappa shape index (κ1) is 10.4. The number of amidine groups is 1. The number of aliphatic imine (C=N–C) groups is 1. The predicted molar refractivity (Wildman–Crippen MR) is 63.4 cm³/mol. The predicted octanol–water partition coefficient (Wildman–Crippen LogP) is 2.02. The van der Waals surface area contributed by atoms with Crippen molar-refractivity contribution in [3.63, 3.8) is 0 Å². The number of rotatable bonds is 3. The van der Waals surface area contributed by atoms with E-state index < -0.39 is 0 Å². The summed E-state index contributed by atoms with van der Waals surface area (Å²) in [5.41, 5.74) is 0.717. The van der Waals surface area contributed by atoms with Crippen molar-refractivity contribution in [3.05, 3.63) is 34.3 Å². The maximum atomic E-state index is 11.9. The number of hydrogen-bond acceptors (Lipinski definition) is 3. The van der Waals surface area contributed by atoms with Crippen LogP contribution in [0.5, 0.6) is 0 Å². The quantitative estimate of drug-likeness (QED) is 0.851. The molecule has 1 N–H and O–H groups in total. The van der Waals surface area contributed by atoms with Gasteiger partial charge < -0.3 is 5.32 Å². The van der Waals surface area contributed by atoms with Gasteiger partial charge in [-0.05, 0) is 6.07 Å². The third-order valence-electron chi connectivity index (χ3n) is 2.25. The lowest BCUT2D eigenvalue weighted by Gasteiger charge is -2.03. The number of carbonyl (C=O) groups is 1. The maximum absolute atomic E-state index is 11.9. The van der Waals surface area contributed by atoms with E-state index in [4.69, 9.17) is 0 Å². The number of Topliss-reactive ketones (excluding diaryl/α,β-unsaturated/α-hetero) is 1. The first-order chi connectivity index (χ1) is 7.27. The molecule has 1 aliphatic rings. The molecule has 4 heteroatoms. The molecule has 3 nitrogen and oxygen atoms in total. The van der Waals surface area contributed by atoms with Gasteiger partial charge in [0, 0.05) is 16.6 Å². The van der Waals surface area contributed by atoms with Crippen molar-refractivity contribution in [3.8, 4) is 0 Å². The lowest BCUT2D eigenvalue weighted by molar-refractivity contribution is 0.0999. The number of nitrogens with zero attached hydrogens (tertiary/aromatic N) is 1. The van der Waals surface area contributed by atoms with Crippen LogP contribution in [0.1, 0.15) is 16.8 Å². The Hall–Kier alpha value is -1.16. The summed E-state index contributed by atoms with van der Waals surface area (Å²) in [5, 5.41) is 3.09. The summed E-state index contributed by atoms with van der Waals surface area (Å²) in [6.45, 7) is 1.62. The van der Waals surface area contributed by atoms with Gasteiger partial charge in [0.1, 0.15) is 5.84 Å². The van der Waals surface area contributed by atoms with Crippen molar-refractivity contribution in [1.82, 2.24) is 5.32 Å². The molecular formula is C11H11BrN2O. The lowest BCUT2D eigenvalue weighted by Crippen LogP contribution is -2.21. The number of ketones is 1. The molecule has 15 heavy (non-hydrogen) atoms. The molecule has 2 rings (SSSR count). The summed E-state index contributed by atoms with van der Waals surface area (Å²) in [4.78, 5) is 16.1. The third-order valence-corrected chi connectivity index (χ3v) is 2.94. The molecule has 0 atom stereocenters. The fraction of sp³-hybridized carbons (Fsp3) is 0.273. The van der Waals surface area contributed by atoms with E-state index in [1.807, 2.05) is 24.3 Å². The van der Waals surface area contributed by atoms with Crippen LogP contribution in [0.3, 0.4) is 0 Å². The van der Waals surface area contributed by atoms with Gasteiger partial charge in [-0.1, -0.05) is 34.1 Å². The minimum atomic E-state index is 0.0932. The second-order valence-corrected chi connectivity index (χ2v) is 4.19. The first-order valence-corrected chi connectivity index (χ1v) is 5.61. The van der Waals surface area contributed by atoms with Crippen LogP contribution in [-0.2, 0) is 0 Å². The number of nitrogens with one attached hydrogen (secondary N) is 1. The molecule has 1 aromatic rings. The average Bonchev–Trinajstić information content (AvgIpc) is 2.71. The standard InChI is InChI=1S/C11H11BrN2O/c12-9-4-2-1-3-8(9)10(15)7-11-13-5-6-14-11/h1-4H,5-7H2,(H,13,14). The van der Waals surface area contributed by atoms with Crippen molar-refractivity contribution < 1.29 is 4.79 Å². The average molecular weight is 267 g/mol. The molecule has 0 aromatic heterocycles. The van der Waals surface area contributed by atoms with E-state index in [9.17, 15) is 4.79 Å². The number of carbonyl (C=O) groups excluding carboxylic acids is 1. The minimum absolute atomic E-state index is 0.0932. The maximum Gasteiger partial charge on any atom is 0.171 e. The molecule has 0 saturated carbocycles. The summed E-state index contributed by atoms with van der Waals surface area (Å²) >= 11 is 3.37. The highest BCUT2D eigenvalue weighted by Crippen LogP contribution is 2.17. The summed E-state index contributed by atoms with van der Waals surface area (Å²) < 4.78 is 0.841. The van der Waals surface area contributed by atoms with Crippen LogP contribution in [0.2, 0.25) is 0 Å². The van der Waals surface area contributed by atoms with E-state index >= 15 is 0 Å². The molecular weight excluding hydrogens is 256 g/mol. The Morgan fingerprint density at radius 2 is 2.27 bits per heavy atom. The van der Waals surface area contributed by atoms with Crippen molar-refractivity contribution >= 4 is 27.5 Å². The van der Waals surface area contributed by atoms with Crippen molar-refractivity contribution in [2.75, 3.05) is 13.1 Å². The fourth-order valence-electron chi connectivity index (χ4n) is 1.50. The van der Waals surface area contributed by atoms with Gasteiger partial charge in [-0.2, -0.15) is 0 Å².